The highest BCUT2D eigenvalue weighted by Gasteiger charge is 2.24. The van der Waals surface area contributed by atoms with Crippen LogP contribution in [-0.4, -0.2) is 34.1 Å². The van der Waals surface area contributed by atoms with Gasteiger partial charge in [0.1, 0.15) is 6.04 Å². The third-order valence-corrected chi connectivity index (χ3v) is 3.21. The fraction of sp³-hybridized carbons (Fsp3) is 0.750. The molecule has 1 aliphatic carbocycles. The number of carbonyl (C=O) groups is 3. The summed E-state index contributed by atoms with van der Waals surface area (Å²) >= 11 is 0. The van der Waals surface area contributed by atoms with E-state index in [9.17, 15) is 14.4 Å². The number of hydrogen-bond acceptors (Lipinski definition) is 3. The van der Waals surface area contributed by atoms with E-state index in [1.165, 1.54) is 6.42 Å². The lowest BCUT2D eigenvalue weighted by atomic mass is 9.87. The molecule has 0 aromatic heterocycles. The van der Waals surface area contributed by atoms with Crippen LogP contribution in [0.15, 0.2) is 0 Å². The SMILES string of the molecule is O=C(O)C[C@H](NC(=O)CC1CCCCC1)C(=O)O. The molecule has 18 heavy (non-hydrogen) atoms. The molecule has 102 valence electrons. The molecule has 0 aromatic rings. The molecule has 1 aliphatic rings. The molecule has 0 bridgehead atoms. The molecule has 0 unspecified atom stereocenters. The summed E-state index contributed by atoms with van der Waals surface area (Å²) in [4.78, 5) is 32.9. The van der Waals surface area contributed by atoms with E-state index in [-0.39, 0.29) is 5.91 Å². The van der Waals surface area contributed by atoms with Crippen molar-refractivity contribution in [3.8, 4) is 0 Å². The average molecular weight is 257 g/mol. The Morgan fingerprint density at radius 2 is 1.72 bits per heavy atom. The zero-order valence-corrected chi connectivity index (χ0v) is 10.2. The second-order valence-corrected chi connectivity index (χ2v) is 4.76. The maximum atomic E-state index is 11.6. The quantitative estimate of drug-likeness (QED) is 0.658. The lowest BCUT2D eigenvalue weighted by Gasteiger charge is -2.21. The molecule has 0 aliphatic heterocycles. The van der Waals surface area contributed by atoms with Crippen molar-refractivity contribution >= 4 is 17.8 Å². The minimum atomic E-state index is -1.33. The Kier molecular flexibility index (Phi) is 5.61. The van der Waals surface area contributed by atoms with Gasteiger partial charge in [0.2, 0.25) is 5.91 Å². The smallest absolute Gasteiger partial charge is 0.326 e. The standard InChI is InChI=1S/C12H19NO5/c14-10(6-8-4-2-1-3-5-8)13-9(12(17)18)7-11(15)16/h8-9H,1-7H2,(H,13,14)(H,15,16)(H,17,18)/t9-/m0/s1. The predicted molar refractivity (Wildman–Crippen MR) is 63.0 cm³/mol. The number of carbonyl (C=O) groups excluding carboxylic acids is 1. The van der Waals surface area contributed by atoms with Crippen molar-refractivity contribution in [1.82, 2.24) is 5.32 Å². The molecule has 6 heteroatoms. The van der Waals surface area contributed by atoms with Crippen LogP contribution in [0.5, 0.6) is 0 Å². The lowest BCUT2D eigenvalue weighted by molar-refractivity contribution is -0.147. The molecule has 6 nitrogen and oxygen atoms in total. The molecule has 0 spiro atoms. The van der Waals surface area contributed by atoms with Crippen LogP contribution < -0.4 is 5.32 Å². The van der Waals surface area contributed by atoms with Gasteiger partial charge < -0.3 is 15.5 Å². The van der Waals surface area contributed by atoms with E-state index in [1.807, 2.05) is 0 Å². The third-order valence-electron chi connectivity index (χ3n) is 3.21. The summed E-state index contributed by atoms with van der Waals surface area (Å²) in [5.74, 6) is -2.61. The third kappa shape index (κ3) is 5.16. The maximum Gasteiger partial charge on any atom is 0.326 e. The predicted octanol–water partition coefficient (Wildman–Crippen LogP) is 1.00. The first-order valence-corrected chi connectivity index (χ1v) is 6.23. The second kappa shape index (κ2) is 6.98. The van der Waals surface area contributed by atoms with Gasteiger partial charge in [0.05, 0.1) is 6.42 Å². The van der Waals surface area contributed by atoms with Gasteiger partial charge in [-0.3, -0.25) is 9.59 Å². The van der Waals surface area contributed by atoms with Crippen LogP contribution in [0.2, 0.25) is 0 Å². The van der Waals surface area contributed by atoms with Crippen LogP contribution >= 0.6 is 0 Å². The van der Waals surface area contributed by atoms with Crippen molar-refractivity contribution in [1.29, 1.82) is 0 Å². The Balaban J connectivity index is 2.40. The summed E-state index contributed by atoms with van der Waals surface area (Å²) in [6.07, 6.45) is 5.09. The first-order valence-electron chi connectivity index (χ1n) is 6.23. The normalized spacial score (nSPS) is 18.0. The number of hydrogen-bond donors (Lipinski definition) is 3. The zero-order valence-electron chi connectivity index (χ0n) is 10.2. The van der Waals surface area contributed by atoms with Crippen molar-refractivity contribution < 1.29 is 24.6 Å². The van der Waals surface area contributed by atoms with Gasteiger partial charge in [-0.25, -0.2) is 4.79 Å². The molecule has 0 aromatic carbocycles. The highest BCUT2D eigenvalue weighted by Crippen LogP contribution is 2.26. The van der Waals surface area contributed by atoms with Gasteiger partial charge >= 0.3 is 11.9 Å². The minimum absolute atomic E-state index is 0.295. The molecule has 3 N–H and O–H groups in total. The minimum Gasteiger partial charge on any atom is -0.481 e. The second-order valence-electron chi connectivity index (χ2n) is 4.76. The number of carboxylic acids is 2. The number of rotatable bonds is 6. The maximum absolute atomic E-state index is 11.6. The summed E-state index contributed by atoms with van der Waals surface area (Å²) in [5.41, 5.74) is 0. The van der Waals surface area contributed by atoms with Gasteiger partial charge in [0.15, 0.2) is 0 Å². The Labute approximate surface area is 105 Å². The van der Waals surface area contributed by atoms with E-state index in [0.29, 0.717) is 12.3 Å². The fourth-order valence-corrected chi connectivity index (χ4v) is 2.28. The first-order chi connectivity index (χ1) is 8.49. The Bertz CT molecular complexity index is 322. The number of amides is 1. The molecule has 1 fully saturated rings. The van der Waals surface area contributed by atoms with E-state index in [2.05, 4.69) is 5.32 Å². The Morgan fingerprint density at radius 3 is 2.22 bits per heavy atom. The van der Waals surface area contributed by atoms with Gasteiger partial charge in [0, 0.05) is 6.42 Å². The number of carboxylic acid groups (broad SMARTS) is 2. The molecule has 1 amide bonds. The molecule has 0 radical (unpaired) electrons. The lowest BCUT2D eigenvalue weighted by Crippen LogP contribution is -2.42. The van der Waals surface area contributed by atoms with Crippen molar-refractivity contribution in [2.24, 2.45) is 5.92 Å². The van der Waals surface area contributed by atoms with Gasteiger partial charge in [0.25, 0.3) is 0 Å². The molecular weight excluding hydrogens is 238 g/mol. The summed E-state index contributed by atoms with van der Waals surface area (Å²) in [7, 11) is 0. The molecular formula is C12H19NO5. The van der Waals surface area contributed by atoms with Crippen molar-refractivity contribution in [2.75, 3.05) is 0 Å². The topological polar surface area (TPSA) is 104 Å². The van der Waals surface area contributed by atoms with Crippen molar-refractivity contribution in [3.63, 3.8) is 0 Å². The fourth-order valence-electron chi connectivity index (χ4n) is 2.28. The van der Waals surface area contributed by atoms with E-state index >= 15 is 0 Å². The van der Waals surface area contributed by atoms with E-state index in [1.54, 1.807) is 0 Å². The summed E-state index contributed by atoms with van der Waals surface area (Å²) in [6, 6.07) is -1.33. The van der Waals surface area contributed by atoms with Gasteiger partial charge in [-0.1, -0.05) is 19.3 Å². The monoisotopic (exact) mass is 257 g/mol. The molecule has 0 heterocycles. The van der Waals surface area contributed by atoms with Crippen molar-refractivity contribution in [2.45, 2.75) is 51.0 Å². The van der Waals surface area contributed by atoms with Gasteiger partial charge in [-0.05, 0) is 18.8 Å². The Hall–Kier alpha value is -1.59. The van der Waals surface area contributed by atoms with Crippen LogP contribution in [0.25, 0.3) is 0 Å². The van der Waals surface area contributed by atoms with E-state index < -0.39 is 24.4 Å². The summed E-state index contributed by atoms with van der Waals surface area (Å²) in [5, 5.41) is 19.6. The van der Waals surface area contributed by atoms with Crippen molar-refractivity contribution in [3.05, 3.63) is 0 Å². The van der Waals surface area contributed by atoms with E-state index in [4.69, 9.17) is 10.2 Å². The highest BCUT2D eigenvalue weighted by atomic mass is 16.4. The zero-order chi connectivity index (χ0) is 13.5. The van der Waals surface area contributed by atoms with Crippen LogP contribution in [-0.2, 0) is 14.4 Å². The largest absolute Gasteiger partial charge is 0.481 e. The summed E-state index contributed by atoms with van der Waals surface area (Å²) in [6.45, 7) is 0. The average Bonchev–Trinajstić information content (AvgIpc) is 2.28. The highest BCUT2D eigenvalue weighted by molar-refractivity contribution is 5.86. The van der Waals surface area contributed by atoms with Gasteiger partial charge in [-0.2, -0.15) is 0 Å². The molecule has 1 atom stereocenters. The van der Waals surface area contributed by atoms with Crippen LogP contribution in [0.4, 0.5) is 0 Å². The van der Waals surface area contributed by atoms with Crippen LogP contribution in [0.1, 0.15) is 44.9 Å². The van der Waals surface area contributed by atoms with Crippen LogP contribution in [0.3, 0.4) is 0 Å². The first kappa shape index (κ1) is 14.5. The molecule has 1 rings (SSSR count). The molecule has 1 saturated carbocycles. The number of nitrogens with one attached hydrogen (secondary N) is 1. The van der Waals surface area contributed by atoms with E-state index in [0.717, 1.165) is 25.7 Å². The number of aliphatic carboxylic acids is 2. The van der Waals surface area contributed by atoms with Crippen LogP contribution in [0, 0.1) is 5.92 Å². The van der Waals surface area contributed by atoms with Gasteiger partial charge in [-0.15, -0.1) is 0 Å². The molecule has 0 saturated heterocycles. The Morgan fingerprint density at radius 1 is 1.11 bits per heavy atom. The summed E-state index contributed by atoms with van der Waals surface area (Å²) < 4.78 is 0.